The van der Waals surface area contributed by atoms with E-state index >= 15 is 0 Å². The molecule has 10 heteroatoms. The molecule has 22 heavy (non-hydrogen) atoms. The molecule has 0 unspecified atom stereocenters. The minimum atomic E-state index is -4.35. The molecule has 0 bridgehead atoms. The molecule has 2 rings (SSSR count). The Morgan fingerprint density at radius 2 is 1.05 bits per heavy atom. The fourth-order valence-corrected chi connectivity index (χ4v) is 2.57. The Bertz CT molecular complexity index is 858. The summed E-state index contributed by atoms with van der Waals surface area (Å²) >= 11 is 0. The fraction of sp³-hybridized carbons (Fsp3) is 0. The van der Waals surface area contributed by atoms with Crippen molar-refractivity contribution in [2.24, 2.45) is 10.2 Å². The maximum absolute atomic E-state index is 11.0. The van der Waals surface area contributed by atoms with E-state index < -0.39 is 20.2 Å². The van der Waals surface area contributed by atoms with Gasteiger partial charge in [0, 0.05) is 0 Å². The molecular formula is C12H10N2O6S2. The highest BCUT2D eigenvalue weighted by Crippen LogP contribution is 2.23. The van der Waals surface area contributed by atoms with Gasteiger partial charge in [0.1, 0.15) is 0 Å². The first-order valence-corrected chi connectivity index (χ1v) is 8.61. The Hall–Kier alpha value is -2.14. The third-order valence-corrected chi connectivity index (χ3v) is 4.21. The van der Waals surface area contributed by atoms with E-state index in [-0.39, 0.29) is 21.2 Å². The number of nitrogens with zero attached hydrogens (tertiary/aromatic N) is 2. The van der Waals surface area contributed by atoms with Crippen LogP contribution in [-0.2, 0) is 20.2 Å². The summed E-state index contributed by atoms with van der Waals surface area (Å²) < 4.78 is 61.9. The third-order valence-electron chi connectivity index (χ3n) is 2.51. The Labute approximate surface area is 126 Å². The van der Waals surface area contributed by atoms with Crippen molar-refractivity contribution in [1.82, 2.24) is 0 Å². The van der Waals surface area contributed by atoms with Crippen molar-refractivity contribution < 1.29 is 25.9 Å². The highest BCUT2D eigenvalue weighted by atomic mass is 32.2. The summed E-state index contributed by atoms with van der Waals surface area (Å²) in [5.41, 5.74) is 0.291. The Morgan fingerprint density at radius 3 is 1.36 bits per heavy atom. The van der Waals surface area contributed by atoms with Crippen molar-refractivity contribution in [3.05, 3.63) is 48.5 Å². The molecule has 2 aromatic rings. The number of hydrogen-bond donors (Lipinski definition) is 2. The van der Waals surface area contributed by atoms with E-state index in [4.69, 9.17) is 9.11 Å². The van der Waals surface area contributed by atoms with Gasteiger partial charge in [0.05, 0.1) is 21.2 Å². The summed E-state index contributed by atoms with van der Waals surface area (Å²) in [5, 5.41) is 7.49. The highest BCUT2D eigenvalue weighted by Gasteiger charge is 2.10. The lowest BCUT2D eigenvalue weighted by molar-refractivity contribution is 0.481. The average molecular weight is 342 g/mol. The van der Waals surface area contributed by atoms with Crippen molar-refractivity contribution in [2.45, 2.75) is 9.79 Å². The van der Waals surface area contributed by atoms with Gasteiger partial charge in [-0.1, -0.05) is 12.1 Å². The van der Waals surface area contributed by atoms with E-state index in [0.717, 1.165) is 12.1 Å². The lowest BCUT2D eigenvalue weighted by Crippen LogP contribution is -1.97. The molecule has 0 saturated carbocycles. The average Bonchev–Trinajstić information content (AvgIpc) is 2.44. The van der Waals surface area contributed by atoms with Crippen LogP contribution in [0, 0.1) is 0 Å². The second kappa shape index (κ2) is 5.93. The zero-order valence-corrected chi connectivity index (χ0v) is 12.5. The molecule has 0 fully saturated rings. The van der Waals surface area contributed by atoms with Gasteiger partial charge in [-0.05, 0) is 36.4 Å². The summed E-state index contributed by atoms with van der Waals surface area (Å²) in [6.45, 7) is 0. The van der Waals surface area contributed by atoms with Crippen LogP contribution in [0.15, 0.2) is 68.6 Å². The predicted molar refractivity (Wildman–Crippen MR) is 76.7 cm³/mol. The smallest absolute Gasteiger partial charge is 0.282 e. The van der Waals surface area contributed by atoms with E-state index in [1.165, 1.54) is 36.4 Å². The van der Waals surface area contributed by atoms with Gasteiger partial charge < -0.3 is 0 Å². The predicted octanol–water partition coefficient (Wildman–Crippen LogP) is 2.60. The summed E-state index contributed by atoms with van der Waals surface area (Å²) in [6, 6.07) is 10.2. The van der Waals surface area contributed by atoms with Crippen LogP contribution in [0.1, 0.15) is 0 Å². The first-order valence-electron chi connectivity index (χ1n) is 5.73. The Morgan fingerprint density at radius 1 is 0.682 bits per heavy atom. The van der Waals surface area contributed by atoms with Gasteiger partial charge in [0.25, 0.3) is 20.2 Å². The number of hydrogen-bond acceptors (Lipinski definition) is 6. The maximum Gasteiger partial charge on any atom is 0.294 e. The lowest BCUT2D eigenvalue weighted by atomic mass is 10.3. The monoisotopic (exact) mass is 342 g/mol. The van der Waals surface area contributed by atoms with Gasteiger partial charge in [0.15, 0.2) is 0 Å². The molecule has 116 valence electrons. The van der Waals surface area contributed by atoms with Gasteiger partial charge in [-0.25, -0.2) is 0 Å². The largest absolute Gasteiger partial charge is 0.294 e. The minimum absolute atomic E-state index is 0.146. The topological polar surface area (TPSA) is 133 Å². The molecule has 0 atom stereocenters. The number of azo groups is 1. The van der Waals surface area contributed by atoms with E-state index in [9.17, 15) is 16.8 Å². The second-order valence-corrected chi connectivity index (χ2v) is 6.99. The molecule has 0 amide bonds. The maximum atomic E-state index is 11.0. The third kappa shape index (κ3) is 4.18. The standard InChI is InChI=1S/C12H10N2O6S2/c15-21(16,17)11-5-1-3-9(7-11)13-14-10-4-2-6-12(8-10)22(18,19)20/h1-8H,(H,15,16,17)(H,18,19,20). The molecule has 0 aromatic heterocycles. The summed E-state index contributed by atoms with van der Waals surface area (Å²) in [6.07, 6.45) is 0. The van der Waals surface area contributed by atoms with Crippen LogP contribution in [0.2, 0.25) is 0 Å². The summed E-state index contributed by atoms with van der Waals surface area (Å²) in [7, 11) is -8.70. The van der Waals surface area contributed by atoms with Crippen LogP contribution in [0.4, 0.5) is 11.4 Å². The molecular weight excluding hydrogens is 332 g/mol. The number of rotatable bonds is 4. The quantitative estimate of drug-likeness (QED) is 0.648. The molecule has 8 nitrogen and oxygen atoms in total. The van der Waals surface area contributed by atoms with Crippen LogP contribution in [0.5, 0.6) is 0 Å². The normalized spacial score (nSPS) is 12.6. The molecule has 0 spiro atoms. The van der Waals surface area contributed by atoms with Crippen molar-refractivity contribution in [3.63, 3.8) is 0 Å². The van der Waals surface area contributed by atoms with Gasteiger partial charge in [-0.15, -0.1) is 0 Å². The highest BCUT2D eigenvalue weighted by molar-refractivity contribution is 7.86. The Balaban J connectivity index is 2.34. The number of benzene rings is 2. The molecule has 0 heterocycles. The second-order valence-electron chi connectivity index (χ2n) is 4.14. The van der Waals surface area contributed by atoms with Crippen molar-refractivity contribution in [2.75, 3.05) is 0 Å². The van der Waals surface area contributed by atoms with Gasteiger partial charge >= 0.3 is 0 Å². The minimum Gasteiger partial charge on any atom is -0.282 e. The van der Waals surface area contributed by atoms with E-state index in [1.807, 2.05) is 0 Å². The van der Waals surface area contributed by atoms with E-state index in [1.54, 1.807) is 0 Å². The van der Waals surface area contributed by atoms with Gasteiger partial charge in [-0.3, -0.25) is 9.11 Å². The summed E-state index contributed by atoms with van der Waals surface area (Å²) in [5.74, 6) is 0. The van der Waals surface area contributed by atoms with Crippen molar-refractivity contribution in [1.29, 1.82) is 0 Å². The molecule has 0 saturated heterocycles. The van der Waals surface area contributed by atoms with Crippen LogP contribution >= 0.6 is 0 Å². The van der Waals surface area contributed by atoms with Gasteiger partial charge in [-0.2, -0.15) is 27.1 Å². The molecule has 2 N–H and O–H groups in total. The van der Waals surface area contributed by atoms with Crippen LogP contribution < -0.4 is 0 Å². The van der Waals surface area contributed by atoms with Gasteiger partial charge in [0.2, 0.25) is 0 Å². The SMILES string of the molecule is O=S(=O)(O)c1cccc(N=Nc2cccc(S(=O)(=O)O)c2)c1. The molecule has 0 aliphatic heterocycles. The Kier molecular flexibility index (Phi) is 4.37. The summed E-state index contributed by atoms with van der Waals surface area (Å²) in [4.78, 5) is -0.675. The first kappa shape index (κ1) is 16.2. The lowest BCUT2D eigenvalue weighted by Gasteiger charge is -1.99. The van der Waals surface area contributed by atoms with Crippen LogP contribution in [0.25, 0.3) is 0 Å². The fourth-order valence-electron chi connectivity index (χ4n) is 1.53. The molecule has 0 radical (unpaired) electrons. The van der Waals surface area contributed by atoms with Crippen LogP contribution in [0.3, 0.4) is 0 Å². The molecule has 0 aliphatic carbocycles. The first-order chi connectivity index (χ1) is 10.2. The van der Waals surface area contributed by atoms with Crippen molar-refractivity contribution >= 4 is 31.6 Å². The van der Waals surface area contributed by atoms with E-state index in [2.05, 4.69) is 10.2 Å². The van der Waals surface area contributed by atoms with Crippen molar-refractivity contribution in [3.8, 4) is 0 Å². The zero-order valence-electron chi connectivity index (χ0n) is 10.9. The molecule has 2 aromatic carbocycles. The van der Waals surface area contributed by atoms with E-state index in [0.29, 0.717) is 0 Å². The zero-order chi connectivity index (χ0) is 16.4. The molecule has 0 aliphatic rings. The van der Waals surface area contributed by atoms with Crippen LogP contribution in [-0.4, -0.2) is 25.9 Å².